The molecule has 2 rings (SSSR count). The molecule has 7 heteroatoms. The number of hydrogen-bond donors (Lipinski definition) is 5. The third-order valence-electron chi connectivity index (χ3n) is 3.59. The smallest absolute Gasteiger partial charge is 0.155 e. The minimum Gasteiger partial charge on any atom is -0.394 e. The molecule has 2 saturated heterocycles. The topological polar surface area (TPSA) is 120 Å². The van der Waals surface area contributed by atoms with Crippen LogP contribution >= 0.6 is 0 Å². The Morgan fingerprint density at radius 1 is 1.00 bits per heavy atom. The molecule has 22 heavy (non-hydrogen) atoms. The molecule has 0 saturated carbocycles. The molecular weight excluding hydrogens is 292 g/mol. The fourth-order valence-corrected chi connectivity index (χ4v) is 2.30. The minimum atomic E-state index is -0.842. The van der Waals surface area contributed by atoms with E-state index in [4.69, 9.17) is 29.9 Å². The Morgan fingerprint density at radius 2 is 1.64 bits per heavy atom. The maximum Gasteiger partial charge on any atom is 0.155 e. The van der Waals surface area contributed by atoms with Gasteiger partial charge in [0.25, 0.3) is 0 Å². The Bertz CT molecular complexity index is 264. The quantitative estimate of drug-likeness (QED) is 0.470. The van der Waals surface area contributed by atoms with Gasteiger partial charge in [-0.2, -0.15) is 0 Å². The minimum absolute atomic E-state index is 0.0177. The van der Waals surface area contributed by atoms with Crippen LogP contribution in [0.2, 0.25) is 0 Å². The molecule has 2 fully saturated rings. The highest BCUT2D eigenvalue weighted by molar-refractivity contribution is 4.79. The van der Waals surface area contributed by atoms with Crippen LogP contribution in [0.5, 0.6) is 0 Å². The van der Waals surface area contributed by atoms with Gasteiger partial charge in [0.1, 0.15) is 6.10 Å². The van der Waals surface area contributed by atoms with Crippen LogP contribution in [-0.2, 0) is 9.47 Å². The van der Waals surface area contributed by atoms with E-state index in [9.17, 15) is 5.11 Å². The number of aliphatic hydroxyl groups excluding tert-OH is 5. The van der Waals surface area contributed by atoms with Crippen molar-refractivity contribution in [2.24, 2.45) is 5.92 Å². The molecular formula is C15H32O7. The van der Waals surface area contributed by atoms with Gasteiger partial charge in [-0.25, -0.2) is 0 Å². The summed E-state index contributed by atoms with van der Waals surface area (Å²) in [5, 5.41) is 44.7. The van der Waals surface area contributed by atoms with E-state index in [-0.39, 0.29) is 31.3 Å². The number of rotatable bonds is 2. The maximum absolute atomic E-state index is 9.36. The van der Waals surface area contributed by atoms with Crippen molar-refractivity contribution >= 4 is 0 Å². The largest absolute Gasteiger partial charge is 0.394 e. The van der Waals surface area contributed by atoms with E-state index in [1.807, 2.05) is 20.8 Å². The first-order valence-corrected chi connectivity index (χ1v) is 8.00. The Kier molecular flexibility index (Phi) is 12.0. The highest BCUT2D eigenvalue weighted by Gasteiger charge is 2.33. The van der Waals surface area contributed by atoms with Crippen molar-refractivity contribution in [1.29, 1.82) is 0 Å². The first kappa shape index (κ1) is 21.7. The lowest BCUT2D eigenvalue weighted by Crippen LogP contribution is -2.45. The molecule has 0 aromatic carbocycles. The first-order valence-electron chi connectivity index (χ1n) is 8.00. The second-order valence-electron chi connectivity index (χ2n) is 5.37. The van der Waals surface area contributed by atoms with Crippen LogP contribution in [0.1, 0.15) is 40.0 Å². The summed E-state index contributed by atoms with van der Waals surface area (Å²) in [5.41, 5.74) is 0. The lowest BCUT2D eigenvalue weighted by molar-refractivity contribution is -0.224. The fourth-order valence-electron chi connectivity index (χ4n) is 2.30. The van der Waals surface area contributed by atoms with Crippen molar-refractivity contribution < 1.29 is 35.0 Å². The molecule has 2 aliphatic heterocycles. The number of aliphatic hydroxyl groups is 5. The van der Waals surface area contributed by atoms with Gasteiger partial charge in [0.2, 0.25) is 0 Å². The second-order valence-corrected chi connectivity index (χ2v) is 5.37. The van der Waals surface area contributed by atoms with Gasteiger partial charge in [-0.15, -0.1) is 0 Å². The summed E-state index contributed by atoms with van der Waals surface area (Å²) in [7, 11) is 0. The van der Waals surface area contributed by atoms with E-state index in [1.165, 1.54) is 0 Å². The van der Waals surface area contributed by atoms with Crippen LogP contribution < -0.4 is 0 Å². The second kappa shape index (κ2) is 12.2. The molecule has 0 bridgehead atoms. The fraction of sp³-hybridized carbons (Fsp3) is 1.00. The Balaban J connectivity index is 0.000000366. The Morgan fingerprint density at radius 3 is 2.09 bits per heavy atom. The summed E-state index contributed by atoms with van der Waals surface area (Å²) < 4.78 is 9.96. The Labute approximate surface area is 132 Å². The summed E-state index contributed by atoms with van der Waals surface area (Å²) in [6.07, 6.45) is -0.822. The SMILES string of the molecule is CC.CC1C[C@@H](O)OC(CO)[C@H]1O.OCC1CC(O)CCO1. The van der Waals surface area contributed by atoms with Gasteiger partial charge in [0.05, 0.1) is 31.5 Å². The molecule has 2 heterocycles. The molecule has 0 aliphatic carbocycles. The summed E-state index contributed by atoms with van der Waals surface area (Å²) in [6.45, 7) is 6.17. The zero-order chi connectivity index (χ0) is 17.1. The number of ether oxygens (including phenoxy) is 2. The zero-order valence-electron chi connectivity index (χ0n) is 13.8. The van der Waals surface area contributed by atoms with Gasteiger partial charge >= 0.3 is 0 Å². The summed E-state index contributed by atoms with van der Waals surface area (Å²) in [6, 6.07) is 0. The summed E-state index contributed by atoms with van der Waals surface area (Å²) in [5.74, 6) is -0.0177. The Hall–Kier alpha value is -0.280. The summed E-state index contributed by atoms with van der Waals surface area (Å²) >= 11 is 0. The molecule has 2 aliphatic rings. The standard InChI is InChI=1S/C7H14O4.C6H12O3.C2H6/c1-4-2-6(9)11-5(3-8)7(4)10;7-4-6-3-5(8)1-2-9-6;1-2/h4-10H,2-3H2,1H3;5-8H,1-4H2;1-2H3/t4?,5?,6-,7-;;/m0../s1. The van der Waals surface area contributed by atoms with Crippen molar-refractivity contribution in [3.8, 4) is 0 Å². The number of hydrogen-bond acceptors (Lipinski definition) is 7. The van der Waals surface area contributed by atoms with E-state index in [0.29, 0.717) is 25.9 Å². The van der Waals surface area contributed by atoms with Gasteiger partial charge in [-0.3, -0.25) is 0 Å². The molecule has 0 spiro atoms. The molecule has 0 amide bonds. The van der Waals surface area contributed by atoms with Gasteiger partial charge in [0.15, 0.2) is 6.29 Å². The van der Waals surface area contributed by atoms with Crippen molar-refractivity contribution in [2.75, 3.05) is 19.8 Å². The lowest BCUT2D eigenvalue weighted by atomic mass is 9.94. The normalized spacial score (nSPS) is 38.2. The molecule has 7 nitrogen and oxygen atoms in total. The van der Waals surface area contributed by atoms with Crippen LogP contribution in [0.3, 0.4) is 0 Å². The van der Waals surface area contributed by atoms with E-state index >= 15 is 0 Å². The predicted octanol–water partition coefficient (Wildman–Crippen LogP) is -0.372. The monoisotopic (exact) mass is 324 g/mol. The molecule has 4 unspecified atom stereocenters. The third kappa shape index (κ3) is 7.82. The van der Waals surface area contributed by atoms with E-state index in [2.05, 4.69) is 0 Å². The van der Waals surface area contributed by atoms with E-state index < -0.39 is 18.5 Å². The van der Waals surface area contributed by atoms with Crippen LogP contribution in [-0.4, -0.2) is 76.1 Å². The van der Waals surface area contributed by atoms with Gasteiger partial charge in [-0.1, -0.05) is 20.8 Å². The van der Waals surface area contributed by atoms with Crippen molar-refractivity contribution in [2.45, 2.75) is 70.7 Å². The van der Waals surface area contributed by atoms with Crippen LogP contribution in [0, 0.1) is 5.92 Å². The average molecular weight is 324 g/mol. The average Bonchev–Trinajstić information content (AvgIpc) is 2.53. The molecule has 134 valence electrons. The van der Waals surface area contributed by atoms with Gasteiger partial charge in [-0.05, 0) is 12.3 Å². The molecule has 0 aromatic rings. The van der Waals surface area contributed by atoms with Crippen LogP contribution in [0.25, 0.3) is 0 Å². The third-order valence-corrected chi connectivity index (χ3v) is 3.59. The van der Waals surface area contributed by atoms with E-state index in [1.54, 1.807) is 0 Å². The van der Waals surface area contributed by atoms with Crippen molar-refractivity contribution in [3.63, 3.8) is 0 Å². The maximum atomic E-state index is 9.36. The van der Waals surface area contributed by atoms with Gasteiger partial charge < -0.3 is 35.0 Å². The summed E-state index contributed by atoms with van der Waals surface area (Å²) in [4.78, 5) is 0. The molecule has 5 N–H and O–H groups in total. The van der Waals surface area contributed by atoms with Crippen molar-refractivity contribution in [1.82, 2.24) is 0 Å². The lowest BCUT2D eigenvalue weighted by Gasteiger charge is -2.34. The molecule has 0 aromatic heterocycles. The van der Waals surface area contributed by atoms with Crippen LogP contribution in [0.15, 0.2) is 0 Å². The highest BCUT2D eigenvalue weighted by atomic mass is 16.6. The first-order chi connectivity index (χ1) is 10.5. The molecule has 6 atom stereocenters. The predicted molar refractivity (Wildman–Crippen MR) is 81.2 cm³/mol. The van der Waals surface area contributed by atoms with Crippen molar-refractivity contribution in [3.05, 3.63) is 0 Å². The molecule has 0 radical (unpaired) electrons. The van der Waals surface area contributed by atoms with E-state index in [0.717, 1.165) is 0 Å². The van der Waals surface area contributed by atoms with Gasteiger partial charge in [0, 0.05) is 19.4 Å². The zero-order valence-corrected chi connectivity index (χ0v) is 13.8. The van der Waals surface area contributed by atoms with Crippen LogP contribution in [0.4, 0.5) is 0 Å². The highest BCUT2D eigenvalue weighted by Crippen LogP contribution is 2.23.